The van der Waals surface area contributed by atoms with Gasteiger partial charge in [0, 0.05) is 36.9 Å². The highest BCUT2D eigenvalue weighted by Crippen LogP contribution is 2.28. The molecule has 0 saturated heterocycles. The molecule has 1 fully saturated rings. The fourth-order valence-electron chi connectivity index (χ4n) is 3.10. The van der Waals surface area contributed by atoms with Gasteiger partial charge in [-0.15, -0.1) is 0 Å². The summed E-state index contributed by atoms with van der Waals surface area (Å²) < 4.78 is 14.8. The number of halogens is 1. The molecule has 0 aliphatic heterocycles. The van der Waals surface area contributed by atoms with Gasteiger partial charge in [0.25, 0.3) is 0 Å². The summed E-state index contributed by atoms with van der Waals surface area (Å²) in [6.07, 6.45) is 7.85. The van der Waals surface area contributed by atoms with Gasteiger partial charge in [0.2, 0.25) is 0 Å². The Balaban J connectivity index is 2.18. The summed E-state index contributed by atoms with van der Waals surface area (Å²) >= 11 is 0. The van der Waals surface area contributed by atoms with Gasteiger partial charge in [0.15, 0.2) is 11.6 Å². The lowest BCUT2D eigenvalue weighted by atomic mass is 9.94. The maximum atomic E-state index is 14.8. The van der Waals surface area contributed by atoms with Crippen molar-refractivity contribution < 1.29 is 4.39 Å². The third kappa shape index (κ3) is 4.16. The van der Waals surface area contributed by atoms with Crippen molar-refractivity contribution in [2.75, 3.05) is 11.4 Å². The largest absolute Gasteiger partial charge is 0.351 e. The van der Waals surface area contributed by atoms with Gasteiger partial charge in [-0.2, -0.15) is 0 Å². The number of nitrogens with zero attached hydrogens (tertiary/aromatic N) is 2. The van der Waals surface area contributed by atoms with Crippen molar-refractivity contribution in [1.82, 2.24) is 10.3 Å². The van der Waals surface area contributed by atoms with Gasteiger partial charge in [-0.25, -0.2) is 9.37 Å². The highest BCUT2D eigenvalue weighted by molar-refractivity contribution is 5.44. The minimum Gasteiger partial charge on any atom is -0.351 e. The van der Waals surface area contributed by atoms with Crippen LogP contribution >= 0.6 is 0 Å². The molecule has 1 aliphatic carbocycles. The van der Waals surface area contributed by atoms with Crippen molar-refractivity contribution in [2.45, 2.75) is 71.5 Å². The van der Waals surface area contributed by atoms with Crippen molar-refractivity contribution in [2.24, 2.45) is 0 Å². The summed E-state index contributed by atoms with van der Waals surface area (Å²) in [6.45, 7) is 7.60. The van der Waals surface area contributed by atoms with Crippen LogP contribution in [0, 0.1) is 5.82 Å². The van der Waals surface area contributed by atoms with Crippen LogP contribution in [-0.4, -0.2) is 23.6 Å². The number of pyridine rings is 1. The Morgan fingerprint density at radius 2 is 2.05 bits per heavy atom. The summed E-state index contributed by atoms with van der Waals surface area (Å²) in [7, 11) is 0. The number of anilines is 1. The number of hydrogen-bond donors (Lipinski definition) is 1. The molecule has 1 saturated carbocycles. The second-order valence-corrected chi connectivity index (χ2v) is 6.22. The normalized spacial score (nSPS) is 16.4. The fourth-order valence-corrected chi connectivity index (χ4v) is 3.10. The van der Waals surface area contributed by atoms with Crippen molar-refractivity contribution >= 4 is 5.82 Å². The van der Waals surface area contributed by atoms with Gasteiger partial charge >= 0.3 is 0 Å². The molecule has 118 valence electrons. The minimum atomic E-state index is -0.155. The second-order valence-electron chi connectivity index (χ2n) is 6.22. The topological polar surface area (TPSA) is 28.2 Å². The molecule has 1 aromatic heterocycles. The van der Waals surface area contributed by atoms with E-state index in [1.807, 2.05) is 0 Å². The van der Waals surface area contributed by atoms with E-state index in [2.05, 4.69) is 36.0 Å². The first-order valence-electron chi connectivity index (χ1n) is 8.26. The average Bonchev–Trinajstić information content (AvgIpc) is 2.49. The van der Waals surface area contributed by atoms with Crippen LogP contribution in [0.1, 0.15) is 58.4 Å². The molecular formula is C17H28FN3. The van der Waals surface area contributed by atoms with Crippen LogP contribution in [0.4, 0.5) is 10.2 Å². The van der Waals surface area contributed by atoms with E-state index in [4.69, 9.17) is 0 Å². The van der Waals surface area contributed by atoms with E-state index in [1.54, 1.807) is 12.3 Å². The molecule has 0 radical (unpaired) electrons. The quantitative estimate of drug-likeness (QED) is 0.863. The van der Waals surface area contributed by atoms with Crippen molar-refractivity contribution in [3.8, 4) is 0 Å². The lowest BCUT2D eigenvalue weighted by Crippen LogP contribution is -2.38. The molecule has 2 rings (SSSR count). The summed E-state index contributed by atoms with van der Waals surface area (Å²) in [5, 5.41) is 3.28. The van der Waals surface area contributed by atoms with Gasteiger partial charge < -0.3 is 10.2 Å². The summed E-state index contributed by atoms with van der Waals surface area (Å²) in [6, 6.07) is 2.57. The smallest absolute Gasteiger partial charge is 0.170 e. The Hall–Kier alpha value is -1.16. The first-order chi connectivity index (χ1) is 10.1. The monoisotopic (exact) mass is 293 g/mol. The Labute approximate surface area is 127 Å². The third-order valence-electron chi connectivity index (χ3n) is 4.28. The zero-order valence-electron chi connectivity index (χ0n) is 13.5. The van der Waals surface area contributed by atoms with E-state index < -0.39 is 0 Å². The number of nitrogens with one attached hydrogen (secondary N) is 1. The highest BCUT2D eigenvalue weighted by atomic mass is 19.1. The lowest BCUT2D eigenvalue weighted by Gasteiger charge is -2.34. The van der Waals surface area contributed by atoms with Gasteiger partial charge in [0.1, 0.15) is 0 Å². The summed E-state index contributed by atoms with van der Waals surface area (Å²) in [4.78, 5) is 6.50. The first kappa shape index (κ1) is 16.2. The van der Waals surface area contributed by atoms with E-state index in [0.29, 0.717) is 30.0 Å². The molecule has 1 heterocycles. The molecule has 0 bridgehead atoms. The standard InChI is InChI=1S/C17H28FN3/c1-4-21(15-8-6-5-7-9-15)17-16(18)14(10-11-19-17)12-20-13(2)3/h10-11,13,15,20H,4-9,12H2,1-3H3. The Bertz CT molecular complexity index is 442. The summed E-state index contributed by atoms with van der Waals surface area (Å²) in [5.41, 5.74) is 0.711. The predicted octanol–water partition coefficient (Wildman–Crippen LogP) is 3.88. The second kappa shape index (κ2) is 7.74. The van der Waals surface area contributed by atoms with E-state index in [-0.39, 0.29) is 5.82 Å². The molecule has 3 nitrogen and oxygen atoms in total. The lowest BCUT2D eigenvalue weighted by molar-refractivity contribution is 0.411. The maximum absolute atomic E-state index is 14.8. The molecule has 1 aromatic rings. The van der Waals surface area contributed by atoms with Crippen LogP contribution in [0.15, 0.2) is 12.3 Å². The third-order valence-corrected chi connectivity index (χ3v) is 4.28. The van der Waals surface area contributed by atoms with Crippen LogP contribution in [0.25, 0.3) is 0 Å². The minimum absolute atomic E-state index is 0.155. The van der Waals surface area contributed by atoms with E-state index in [1.165, 1.54) is 19.3 Å². The number of hydrogen-bond acceptors (Lipinski definition) is 3. The molecule has 0 spiro atoms. The van der Waals surface area contributed by atoms with Crippen molar-refractivity contribution in [3.63, 3.8) is 0 Å². The van der Waals surface area contributed by atoms with Gasteiger partial charge in [0.05, 0.1) is 0 Å². The van der Waals surface area contributed by atoms with Crippen LogP contribution in [0.3, 0.4) is 0 Å². The van der Waals surface area contributed by atoms with Gasteiger partial charge in [-0.1, -0.05) is 33.1 Å². The maximum Gasteiger partial charge on any atom is 0.170 e. The predicted molar refractivity (Wildman–Crippen MR) is 86.1 cm³/mol. The highest BCUT2D eigenvalue weighted by Gasteiger charge is 2.24. The van der Waals surface area contributed by atoms with Crippen LogP contribution in [0.2, 0.25) is 0 Å². The molecule has 1 N–H and O–H groups in total. The van der Waals surface area contributed by atoms with E-state index in [0.717, 1.165) is 19.4 Å². The molecule has 0 unspecified atom stereocenters. The van der Waals surface area contributed by atoms with Crippen molar-refractivity contribution in [1.29, 1.82) is 0 Å². The van der Waals surface area contributed by atoms with Crippen molar-refractivity contribution in [3.05, 3.63) is 23.6 Å². The average molecular weight is 293 g/mol. The first-order valence-corrected chi connectivity index (χ1v) is 8.26. The molecule has 1 aliphatic rings. The molecular weight excluding hydrogens is 265 g/mol. The zero-order valence-corrected chi connectivity index (χ0v) is 13.5. The molecule has 4 heteroatoms. The van der Waals surface area contributed by atoms with Crippen LogP contribution in [-0.2, 0) is 6.54 Å². The number of aromatic nitrogens is 1. The zero-order chi connectivity index (χ0) is 15.2. The Kier molecular flexibility index (Phi) is 5.97. The summed E-state index contributed by atoms with van der Waals surface area (Å²) in [5.74, 6) is 0.380. The molecule has 21 heavy (non-hydrogen) atoms. The Morgan fingerprint density at radius 1 is 1.33 bits per heavy atom. The van der Waals surface area contributed by atoms with E-state index >= 15 is 0 Å². The van der Waals surface area contributed by atoms with Crippen LogP contribution < -0.4 is 10.2 Å². The van der Waals surface area contributed by atoms with Gasteiger partial charge in [-0.3, -0.25) is 0 Å². The fraction of sp³-hybridized carbons (Fsp3) is 0.706. The molecule has 0 atom stereocenters. The SMILES string of the molecule is CCN(c1nccc(CNC(C)C)c1F)C1CCCCC1. The van der Waals surface area contributed by atoms with E-state index in [9.17, 15) is 4.39 Å². The van der Waals surface area contributed by atoms with Crippen LogP contribution in [0.5, 0.6) is 0 Å². The Morgan fingerprint density at radius 3 is 2.67 bits per heavy atom. The number of rotatable bonds is 6. The molecule has 0 aromatic carbocycles. The van der Waals surface area contributed by atoms with Gasteiger partial charge in [-0.05, 0) is 25.8 Å². The molecule has 0 amide bonds.